The zero-order valence-electron chi connectivity index (χ0n) is 19.5. The highest BCUT2D eigenvalue weighted by Crippen LogP contribution is 2.31. The predicted molar refractivity (Wildman–Crippen MR) is 139 cm³/mol. The fourth-order valence-corrected chi connectivity index (χ4v) is 4.57. The van der Waals surface area contributed by atoms with Crippen molar-refractivity contribution in [3.63, 3.8) is 0 Å². The smallest absolute Gasteiger partial charge is 0.339 e. The van der Waals surface area contributed by atoms with Crippen LogP contribution in [0.15, 0.2) is 54.1 Å². The number of halogens is 1. The van der Waals surface area contributed by atoms with Gasteiger partial charge >= 0.3 is 5.97 Å². The van der Waals surface area contributed by atoms with Crippen LogP contribution < -0.4 is 10.2 Å². The van der Waals surface area contributed by atoms with Gasteiger partial charge in [0.1, 0.15) is 5.57 Å². The van der Waals surface area contributed by atoms with Gasteiger partial charge in [0.15, 0.2) is 5.11 Å². The van der Waals surface area contributed by atoms with Gasteiger partial charge in [-0.05, 0) is 80.5 Å². The lowest BCUT2D eigenvalue weighted by molar-refractivity contribution is -0.122. The highest BCUT2D eigenvalue weighted by atomic mass is 35.5. The number of anilines is 1. The minimum Gasteiger partial charge on any atom is -0.465 e. The third kappa shape index (κ3) is 4.26. The molecular weight excluding hydrogens is 486 g/mol. The maximum atomic E-state index is 13.5. The van der Waals surface area contributed by atoms with Gasteiger partial charge in [0.2, 0.25) is 0 Å². The first-order chi connectivity index (χ1) is 16.6. The van der Waals surface area contributed by atoms with Gasteiger partial charge in [0.05, 0.1) is 24.0 Å². The SMILES string of the molecule is COC(=O)c1ccccc1-n1c(C)cc(/C=C2\C(=O)NC(=S)N(c3cccc(Cl)c3C)C2=O)c1C. The molecule has 0 saturated carbocycles. The Morgan fingerprint density at radius 1 is 1.06 bits per heavy atom. The fourth-order valence-electron chi connectivity index (χ4n) is 4.13. The van der Waals surface area contributed by atoms with E-state index < -0.39 is 17.8 Å². The van der Waals surface area contributed by atoms with Crippen LogP contribution in [0.3, 0.4) is 0 Å². The van der Waals surface area contributed by atoms with Gasteiger partial charge in [-0.1, -0.05) is 29.8 Å². The van der Waals surface area contributed by atoms with Crippen molar-refractivity contribution in [3.8, 4) is 5.69 Å². The highest BCUT2D eigenvalue weighted by Gasteiger charge is 2.35. The van der Waals surface area contributed by atoms with E-state index in [1.54, 1.807) is 37.3 Å². The van der Waals surface area contributed by atoms with Crippen LogP contribution in [0, 0.1) is 20.8 Å². The maximum absolute atomic E-state index is 13.5. The van der Waals surface area contributed by atoms with Gasteiger partial charge in [0, 0.05) is 16.4 Å². The van der Waals surface area contributed by atoms with Gasteiger partial charge in [-0.2, -0.15) is 0 Å². The van der Waals surface area contributed by atoms with Crippen LogP contribution in [-0.4, -0.2) is 34.6 Å². The third-order valence-corrected chi connectivity index (χ3v) is 6.60. The first-order valence-electron chi connectivity index (χ1n) is 10.7. The van der Waals surface area contributed by atoms with Crippen molar-refractivity contribution in [1.82, 2.24) is 9.88 Å². The van der Waals surface area contributed by atoms with Gasteiger partial charge in [-0.15, -0.1) is 0 Å². The molecule has 1 N–H and O–H groups in total. The summed E-state index contributed by atoms with van der Waals surface area (Å²) < 4.78 is 6.81. The average molecular weight is 508 g/mol. The largest absolute Gasteiger partial charge is 0.465 e. The van der Waals surface area contributed by atoms with E-state index in [0.29, 0.717) is 33.1 Å². The zero-order chi connectivity index (χ0) is 25.4. The molecule has 4 rings (SSSR count). The molecule has 0 radical (unpaired) electrons. The molecule has 2 aromatic carbocycles. The van der Waals surface area contributed by atoms with Crippen molar-refractivity contribution in [1.29, 1.82) is 0 Å². The van der Waals surface area contributed by atoms with E-state index in [2.05, 4.69) is 5.32 Å². The second-order valence-electron chi connectivity index (χ2n) is 8.01. The summed E-state index contributed by atoms with van der Waals surface area (Å²) >= 11 is 11.6. The number of amides is 2. The number of hydrogen-bond acceptors (Lipinski definition) is 5. The molecule has 178 valence electrons. The van der Waals surface area contributed by atoms with Crippen molar-refractivity contribution >= 4 is 58.5 Å². The van der Waals surface area contributed by atoms with Gasteiger partial charge < -0.3 is 9.30 Å². The Balaban J connectivity index is 1.81. The normalized spacial score (nSPS) is 14.9. The molecule has 9 heteroatoms. The molecule has 1 aliphatic heterocycles. The number of aromatic nitrogens is 1. The standard InChI is InChI=1S/C26H22ClN3O4S/c1-14-12-17(16(3)29(14)22-10-6-5-8-18(22)25(33)34-4)13-19-23(31)28-26(35)30(24(19)32)21-11-7-9-20(27)15(21)2/h5-13H,1-4H3,(H,28,31,35)/b19-13+. The molecule has 3 aromatic rings. The number of nitrogens with one attached hydrogen (secondary N) is 1. The number of aryl methyl sites for hydroxylation is 1. The number of methoxy groups -OCH3 is 1. The molecule has 0 aliphatic carbocycles. The molecule has 0 unspecified atom stereocenters. The summed E-state index contributed by atoms with van der Waals surface area (Å²) in [6, 6.07) is 14.1. The lowest BCUT2D eigenvalue weighted by Crippen LogP contribution is -2.54. The third-order valence-electron chi connectivity index (χ3n) is 5.90. The number of hydrogen-bond donors (Lipinski definition) is 1. The molecule has 2 amide bonds. The Labute approximate surface area is 212 Å². The van der Waals surface area contributed by atoms with E-state index in [-0.39, 0.29) is 10.7 Å². The highest BCUT2D eigenvalue weighted by molar-refractivity contribution is 7.80. The Hall–Kier alpha value is -3.75. The summed E-state index contributed by atoms with van der Waals surface area (Å²) in [5.41, 5.74) is 4.33. The number of ether oxygens (including phenoxy) is 1. The average Bonchev–Trinajstić information content (AvgIpc) is 3.11. The van der Waals surface area contributed by atoms with Gasteiger partial charge in [-0.3, -0.25) is 19.8 Å². The van der Waals surface area contributed by atoms with E-state index >= 15 is 0 Å². The van der Waals surface area contributed by atoms with Crippen LogP contribution in [0.5, 0.6) is 0 Å². The molecule has 2 heterocycles. The van der Waals surface area contributed by atoms with E-state index in [4.69, 9.17) is 28.6 Å². The number of benzene rings is 2. The molecule has 1 aromatic heterocycles. The molecule has 1 saturated heterocycles. The van der Waals surface area contributed by atoms with E-state index in [9.17, 15) is 14.4 Å². The summed E-state index contributed by atoms with van der Waals surface area (Å²) in [5, 5.41) is 3.06. The monoisotopic (exact) mass is 507 g/mol. The number of esters is 1. The van der Waals surface area contributed by atoms with Gasteiger partial charge in [0.25, 0.3) is 11.8 Å². The van der Waals surface area contributed by atoms with Crippen LogP contribution >= 0.6 is 23.8 Å². The molecule has 0 atom stereocenters. The van der Waals surface area contributed by atoms with Crippen LogP contribution in [0.25, 0.3) is 11.8 Å². The number of carbonyl (C=O) groups is 3. The quantitative estimate of drug-likeness (QED) is 0.240. The Morgan fingerprint density at radius 3 is 2.46 bits per heavy atom. The lowest BCUT2D eigenvalue weighted by Gasteiger charge is -2.30. The summed E-state index contributed by atoms with van der Waals surface area (Å²) in [5.74, 6) is -1.60. The Kier molecular flexibility index (Phi) is 6.60. The van der Waals surface area contributed by atoms with Crippen molar-refractivity contribution in [2.45, 2.75) is 20.8 Å². The fraction of sp³-hybridized carbons (Fsp3) is 0.154. The molecule has 0 spiro atoms. The molecule has 35 heavy (non-hydrogen) atoms. The summed E-state index contributed by atoms with van der Waals surface area (Å²) in [7, 11) is 1.33. The summed E-state index contributed by atoms with van der Waals surface area (Å²) in [6.07, 6.45) is 1.53. The second kappa shape index (κ2) is 9.48. The van der Waals surface area contributed by atoms with Crippen LogP contribution in [0.2, 0.25) is 5.02 Å². The predicted octanol–water partition coefficient (Wildman–Crippen LogP) is 4.67. The lowest BCUT2D eigenvalue weighted by atomic mass is 10.1. The first kappa shape index (κ1) is 24.4. The van der Waals surface area contributed by atoms with Crippen LogP contribution in [0.4, 0.5) is 5.69 Å². The number of nitrogens with zero attached hydrogens (tertiary/aromatic N) is 2. The maximum Gasteiger partial charge on any atom is 0.339 e. The number of para-hydroxylation sites is 1. The molecule has 1 fully saturated rings. The second-order valence-corrected chi connectivity index (χ2v) is 8.81. The topological polar surface area (TPSA) is 80.6 Å². The molecular formula is C26H22ClN3O4S. The Bertz CT molecular complexity index is 1440. The Morgan fingerprint density at radius 2 is 1.74 bits per heavy atom. The number of carbonyl (C=O) groups excluding carboxylic acids is 3. The van der Waals surface area contributed by atoms with Crippen molar-refractivity contribution < 1.29 is 19.1 Å². The van der Waals surface area contributed by atoms with E-state index in [1.165, 1.54) is 18.1 Å². The van der Waals surface area contributed by atoms with Crippen LogP contribution in [0.1, 0.15) is 32.9 Å². The van der Waals surface area contributed by atoms with Crippen molar-refractivity contribution in [2.75, 3.05) is 12.0 Å². The van der Waals surface area contributed by atoms with Crippen LogP contribution in [-0.2, 0) is 14.3 Å². The molecule has 7 nitrogen and oxygen atoms in total. The van der Waals surface area contributed by atoms with E-state index in [1.807, 2.05) is 36.6 Å². The van der Waals surface area contributed by atoms with E-state index in [0.717, 1.165) is 11.4 Å². The summed E-state index contributed by atoms with van der Waals surface area (Å²) in [4.78, 5) is 39.9. The summed E-state index contributed by atoms with van der Waals surface area (Å²) in [6.45, 7) is 5.50. The number of thiocarbonyl (C=S) groups is 1. The zero-order valence-corrected chi connectivity index (χ0v) is 21.1. The number of rotatable bonds is 4. The molecule has 0 bridgehead atoms. The first-order valence-corrected chi connectivity index (χ1v) is 11.5. The molecule has 1 aliphatic rings. The van der Waals surface area contributed by atoms with Crippen molar-refractivity contribution in [2.24, 2.45) is 0 Å². The van der Waals surface area contributed by atoms with Gasteiger partial charge in [-0.25, -0.2) is 4.79 Å². The van der Waals surface area contributed by atoms with Crippen molar-refractivity contribution in [3.05, 3.63) is 87.2 Å². The minimum atomic E-state index is -0.587. The minimum absolute atomic E-state index is 0.0139.